The van der Waals surface area contributed by atoms with E-state index in [4.69, 9.17) is 4.74 Å². The van der Waals surface area contributed by atoms with Gasteiger partial charge in [0.25, 0.3) is 15.9 Å². The van der Waals surface area contributed by atoms with E-state index in [1.54, 1.807) is 36.5 Å². The van der Waals surface area contributed by atoms with Crippen molar-refractivity contribution in [2.45, 2.75) is 24.3 Å². The maximum absolute atomic E-state index is 13.0. The number of amides is 1. The molecule has 0 radical (unpaired) electrons. The molecule has 4 rings (SSSR count). The van der Waals surface area contributed by atoms with Gasteiger partial charge in [-0.25, -0.2) is 13.4 Å². The lowest BCUT2D eigenvalue weighted by Crippen LogP contribution is -2.29. The van der Waals surface area contributed by atoms with E-state index in [-0.39, 0.29) is 16.5 Å². The number of aromatic amines is 1. The zero-order valence-corrected chi connectivity index (χ0v) is 20.2. The van der Waals surface area contributed by atoms with Crippen molar-refractivity contribution in [3.05, 3.63) is 96.4 Å². The number of rotatable bonds is 9. The minimum atomic E-state index is -3.94. The molecule has 0 bridgehead atoms. The number of para-hydroxylation sites is 2. The number of imidazole rings is 1. The summed E-state index contributed by atoms with van der Waals surface area (Å²) in [5.41, 5.74) is 2.38. The number of nitrogens with zero attached hydrogens (tertiary/aromatic N) is 1. The number of anilines is 1. The largest absolute Gasteiger partial charge is 0.495 e. The Morgan fingerprint density at radius 3 is 2.51 bits per heavy atom. The van der Waals surface area contributed by atoms with Crippen LogP contribution in [-0.4, -0.2) is 31.4 Å². The predicted octanol–water partition coefficient (Wildman–Crippen LogP) is 4.77. The molecule has 0 aliphatic carbocycles. The first-order valence-corrected chi connectivity index (χ1v) is 12.6. The second-order valence-corrected chi connectivity index (χ2v) is 9.50. The van der Waals surface area contributed by atoms with Gasteiger partial charge in [0.15, 0.2) is 0 Å². The number of ether oxygens (including phenoxy) is 1. The van der Waals surface area contributed by atoms with Crippen LogP contribution in [0.5, 0.6) is 5.75 Å². The summed E-state index contributed by atoms with van der Waals surface area (Å²) in [4.78, 5) is 20.7. The van der Waals surface area contributed by atoms with Gasteiger partial charge in [-0.05, 0) is 42.3 Å². The molecule has 0 saturated carbocycles. The van der Waals surface area contributed by atoms with Crippen molar-refractivity contribution in [2.75, 3.05) is 11.8 Å². The lowest BCUT2D eigenvalue weighted by molar-refractivity contribution is 0.0933. The number of benzene rings is 3. The summed E-state index contributed by atoms with van der Waals surface area (Å²) in [6.45, 7) is 1.94. The molecule has 3 aromatic carbocycles. The second kappa shape index (κ2) is 10.4. The summed E-state index contributed by atoms with van der Waals surface area (Å²) < 4.78 is 33.7. The van der Waals surface area contributed by atoms with Gasteiger partial charge in [-0.3, -0.25) is 9.52 Å². The van der Waals surface area contributed by atoms with E-state index in [1.165, 1.54) is 25.3 Å². The smallest absolute Gasteiger partial charge is 0.262 e. The van der Waals surface area contributed by atoms with Crippen LogP contribution in [0.3, 0.4) is 0 Å². The topological polar surface area (TPSA) is 113 Å². The molecule has 3 N–H and O–H groups in total. The molecule has 1 amide bonds. The minimum Gasteiger partial charge on any atom is -0.495 e. The first-order valence-electron chi connectivity index (χ1n) is 11.1. The van der Waals surface area contributed by atoms with E-state index >= 15 is 0 Å². The van der Waals surface area contributed by atoms with Gasteiger partial charge in [0, 0.05) is 5.56 Å². The van der Waals surface area contributed by atoms with E-state index < -0.39 is 15.9 Å². The number of carbonyl (C=O) groups is 1. The maximum Gasteiger partial charge on any atom is 0.262 e. The molecule has 4 aromatic rings. The van der Waals surface area contributed by atoms with Crippen molar-refractivity contribution in [1.82, 2.24) is 15.3 Å². The van der Waals surface area contributed by atoms with Gasteiger partial charge in [-0.15, -0.1) is 0 Å². The van der Waals surface area contributed by atoms with Crippen LogP contribution in [0.1, 0.15) is 35.6 Å². The summed E-state index contributed by atoms with van der Waals surface area (Å²) in [5.74, 6) is 0.620. The zero-order chi connectivity index (χ0) is 24.8. The van der Waals surface area contributed by atoms with Crippen molar-refractivity contribution in [1.29, 1.82) is 0 Å². The first kappa shape index (κ1) is 24.0. The van der Waals surface area contributed by atoms with Gasteiger partial charge in [0.1, 0.15) is 11.6 Å². The van der Waals surface area contributed by atoms with Crippen LogP contribution < -0.4 is 14.8 Å². The molecule has 9 heteroatoms. The molecule has 0 fully saturated rings. The SMILES string of the molecule is CCC(NC(=O)c1cccc(S(=O)(=O)Nc2ccccc2OC)c1)c1ncc(-c2ccccc2)[nH]1. The Balaban J connectivity index is 1.52. The number of nitrogens with one attached hydrogen (secondary N) is 3. The average molecular weight is 491 g/mol. The lowest BCUT2D eigenvalue weighted by atomic mass is 10.1. The Labute approximate surface area is 204 Å². The molecule has 35 heavy (non-hydrogen) atoms. The Morgan fingerprint density at radius 2 is 1.77 bits per heavy atom. The lowest BCUT2D eigenvalue weighted by Gasteiger charge is -2.16. The minimum absolute atomic E-state index is 0.0338. The third-order valence-electron chi connectivity index (χ3n) is 5.48. The molecule has 0 spiro atoms. The van der Waals surface area contributed by atoms with E-state index in [0.717, 1.165) is 11.3 Å². The van der Waals surface area contributed by atoms with Crippen LogP contribution in [0.15, 0.2) is 90.0 Å². The van der Waals surface area contributed by atoms with Crippen molar-refractivity contribution < 1.29 is 17.9 Å². The zero-order valence-electron chi connectivity index (χ0n) is 19.4. The fraction of sp³-hybridized carbons (Fsp3) is 0.154. The van der Waals surface area contributed by atoms with E-state index in [0.29, 0.717) is 23.7 Å². The molecule has 180 valence electrons. The third kappa shape index (κ3) is 5.52. The molecule has 8 nitrogen and oxygen atoms in total. The standard InChI is InChI=1S/C26H26N4O4S/c1-3-21(25-27-17-23(28-25)18-10-5-4-6-11-18)29-26(31)19-12-9-13-20(16-19)35(32,33)30-22-14-7-8-15-24(22)34-2/h4-17,21,30H,3H2,1-2H3,(H,27,28)(H,29,31). The van der Waals surface area contributed by atoms with Gasteiger partial charge in [0.2, 0.25) is 0 Å². The summed E-state index contributed by atoms with van der Waals surface area (Å²) in [6.07, 6.45) is 2.33. The highest BCUT2D eigenvalue weighted by atomic mass is 32.2. The number of sulfonamides is 1. The van der Waals surface area contributed by atoms with Crippen molar-refractivity contribution in [3.8, 4) is 17.0 Å². The summed E-state index contributed by atoms with van der Waals surface area (Å²) >= 11 is 0. The highest BCUT2D eigenvalue weighted by molar-refractivity contribution is 7.92. The van der Waals surface area contributed by atoms with Crippen molar-refractivity contribution >= 4 is 21.6 Å². The van der Waals surface area contributed by atoms with Gasteiger partial charge in [-0.2, -0.15) is 0 Å². The molecular weight excluding hydrogens is 464 g/mol. The summed E-state index contributed by atoms with van der Waals surface area (Å²) in [6, 6.07) is 22.0. The summed E-state index contributed by atoms with van der Waals surface area (Å²) in [7, 11) is -2.48. The number of hydrogen-bond acceptors (Lipinski definition) is 5. The average Bonchev–Trinajstić information content (AvgIpc) is 3.38. The fourth-order valence-electron chi connectivity index (χ4n) is 3.62. The number of hydrogen-bond donors (Lipinski definition) is 3. The molecule has 1 aromatic heterocycles. The van der Waals surface area contributed by atoms with Crippen LogP contribution in [0, 0.1) is 0 Å². The molecule has 1 atom stereocenters. The van der Waals surface area contributed by atoms with Crippen LogP contribution in [-0.2, 0) is 10.0 Å². The molecule has 0 aliphatic heterocycles. The predicted molar refractivity (Wildman–Crippen MR) is 135 cm³/mol. The van der Waals surface area contributed by atoms with Gasteiger partial charge >= 0.3 is 0 Å². The number of carbonyl (C=O) groups excluding carboxylic acids is 1. The molecular formula is C26H26N4O4S. The molecule has 1 unspecified atom stereocenters. The van der Waals surface area contributed by atoms with E-state index in [9.17, 15) is 13.2 Å². The fourth-order valence-corrected chi connectivity index (χ4v) is 4.74. The van der Waals surface area contributed by atoms with E-state index in [2.05, 4.69) is 20.0 Å². The summed E-state index contributed by atoms with van der Waals surface area (Å²) in [5, 5.41) is 2.94. The Hall–Kier alpha value is -4.11. The van der Waals surface area contributed by atoms with Gasteiger partial charge < -0.3 is 15.0 Å². The Bertz CT molecular complexity index is 1420. The normalized spacial score (nSPS) is 12.1. The molecule has 0 aliphatic rings. The van der Waals surface area contributed by atoms with Crippen molar-refractivity contribution in [2.24, 2.45) is 0 Å². The van der Waals surface area contributed by atoms with Crippen LogP contribution in [0.2, 0.25) is 0 Å². The van der Waals surface area contributed by atoms with Crippen LogP contribution >= 0.6 is 0 Å². The highest BCUT2D eigenvalue weighted by Gasteiger charge is 2.21. The number of methoxy groups -OCH3 is 1. The van der Waals surface area contributed by atoms with Crippen molar-refractivity contribution in [3.63, 3.8) is 0 Å². The third-order valence-corrected chi connectivity index (χ3v) is 6.84. The van der Waals surface area contributed by atoms with E-state index in [1.807, 2.05) is 37.3 Å². The highest BCUT2D eigenvalue weighted by Crippen LogP contribution is 2.26. The van der Waals surface area contributed by atoms with Gasteiger partial charge in [0.05, 0.1) is 35.6 Å². The molecule has 0 saturated heterocycles. The van der Waals surface area contributed by atoms with Crippen LogP contribution in [0.4, 0.5) is 5.69 Å². The second-order valence-electron chi connectivity index (χ2n) is 7.82. The Morgan fingerprint density at radius 1 is 1.03 bits per heavy atom. The monoisotopic (exact) mass is 490 g/mol. The van der Waals surface area contributed by atoms with Crippen LogP contribution in [0.25, 0.3) is 11.3 Å². The number of aromatic nitrogens is 2. The maximum atomic E-state index is 13.0. The number of H-pyrrole nitrogens is 1. The quantitative estimate of drug-likeness (QED) is 0.313. The van der Waals surface area contributed by atoms with Gasteiger partial charge in [-0.1, -0.05) is 55.5 Å². The first-order chi connectivity index (χ1) is 16.9. The Kier molecular flexibility index (Phi) is 7.17. The molecule has 1 heterocycles.